The fourth-order valence-electron chi connectivity index (χ4n) is 2.39. The summed E-state index contributed by atoms with van der Waals surface area (Å²) in [4.78, 5) is 16.6. The highest BCUT2D eigenvalue weighted by Gasteiger charge is 2.21. The van der Waals surface area contributed by atoms with Crippen molar-refractivity contribution in [1.82, 2.24) is 20.1 Å². The third kappa shape index (κ3) is 4.19. The number of carbonyl (C=O) groups is 1. The molecule has 0 bridgehead atoms. The van der Waals surface area contributed by atoms with Crippen LogP contribution >= 0.6 is 24.8 Å². The molecule has 2 aromatic heterocycles. The molecule has 3 heterocycles. The minimum Gasteiger partial charge on any atom is -0.323 e. The minimum atomic E-state index is 0. The lowest BCUT2D eigenvalue weighted by Crippen LogP contribution is -2.34. The molecule has 0 saturated carbocycles. The van der Waals surface area contributed by atoms with E-state index in [1.54, 1.807) is 17.1 Å². The average molecular weight is 344 g/mol. The van der Waals surface area contributed by atoms with Gasteiger partial charge < -0.3 is 10.6 Å². The number of carbonyl (C=O) groups excluding carboxylic acids is 1. The van der Waals surface area contributed by atoms with Gasteiger partial charge in [-0.05, 0) is 44.1 Å². The van der Waals surface area contributed by atoms with Crippen molar-refractivity contribution in [2.24, 2.45) is 5.92 Å². The van der Waals surface area contributed by atoms with E-state index in [0.717, 1.165) is 25.9 Å². The summed E-state index contributed by atoms with van der Waals surface area (Å²) in [6.45, 7) is 1.80. The molecule has 1 fully saturated rings. The average Bonchev–Trinajstić information content (AvgIpc) is 3.03. The first-order valence-electron chi connectivity index (χ1n) is 6.81. The topological polar surface area (TPSA) is 71.8 Å². The van der Waals surface area contributed by atoms with Crippen LogP contribution in [-0.4, -0.2) is 33.8 Å². The zero-order valence-corrected chi connectivity index (χ0v) is 13.6. The number of piperidine rings is 1. The van der Waals surface area contributed by atoms with Gasteiger partial charge in [0.2, 0.25) is 5.91 Å². The van der Waals surface area contributed by atoms with Crippen LogP contribution in [0.2, 0.25) is 0 Å². The van der Waals surface area contributed by atoms with Gasteiger partial charge in [0.25, 0.3) is 0 Å². The molecule has 0 spiro atoms. The second-order valence-electron chi connectivity index (χ2n) is 4.84. The minimum absolute atomic E-state index is 0. The van der Waals surface area contributed by atoms with E-state index < -0.39 is 0 Å². The molecule has 0 aliphatic carbocycles. The highest BCUT2D eigenvalue weighted by molar-refractivity contribution is 5.94. The molecule has 8 heteroatoms. The summed E-state index contributed by atoms with van der Waals surface area (Å²) < 4.78 is 1.65. The van der Waals surface area contributed by atoms with E-state index in [-0.39, 0.29) is 36.6 Å². The van der Waals surface area contributed by atoms with Gasteiger partial charge in [0.05, 0.1) is 5.69 Å². The molecule has 1 aliphatic rings. The van der Waals surface area contributed by atoms with Gasteiger partial charge in [0.15, 0.2) is 5.82 Å². The zero-order chi connectivity index (χ0) is 13.8. The highest BCUT2D eigenvalue weighted by Crippen LogP contribution is 2.19. The van der Waals surface area contributed by atoms with E-state index >= 15 is 0 Å². The van der Waals surface area contributed by atoms with Crippen LogP contribution in [0.4, 0.5) is 5.69 Å². The number of nitrogens with zero attached hydrogens (tertiary/aromatic N) is 3. The number of hydrogen-bond donors (Lipinski definition) is 2. The van der Waals surface area contributed by atoms with Crippen LogP contribution in [0.15, 0.2) is 36.8 Å². The molecule has 22 heavy (non-hydrogen) atoms. The van der Waals surface area contributed by atoms with E-state index in [1.807, 2.05) is 24.4 Å². The van der Waals surface area contributed by atoms with Crippen LogP contribution in [0, 0.1) is 5.92 Å². The van der Waals surface area contributed by atoms with Gasteiger partial charge in [-0.25, -0.2) is 9.67 Å². The molecule has 6 nitrogen and oxygen atoms in total. The first-order valence-corrected chi connectivity index (χ1v) is 6.81. The van der Waals surface area contributed by atoms with Crippen molar-refractivity contribution in [3.8, 4) is 5.82 Å². The van der Waals surface area contributed by atoms with Crippen molar-refractivity contribution >= 4 is 36.4 Å². The maximum atomic E-state index is 12.3. The summed E-state index contributed by atoms with van der Waals surface area (Å²) in [5.41, 5.74) is 0.694. The molecule has 2 N–H and O–H groups in total. The Morgan fingerprint density at radius 3 is 2.68 bits per heavy atom. The van der Waals surface area contributed by atoms with Crippen LogP contribution in [0.25, 0.3) is 5.82 Å². The number of anilines is 1. The Labute approximate surface area is 141 Å². The molecular weight excluding hydrogens is 325 g/mol. The Morgan fingerprint density at radius 2 is 2.00 bits per heavy atom. The summed E-state index contributed by atoms with van der Waals surface area (Å²) in [5.74, 6) is 0.773. The zero-order valence-electron chi connectivity index (χ0n) is 11.9. The molecule has 0 radical (unpaired) electrons. The molecule has 1 saturated heterocycles. The maximum Gasteiger partial charge on any atom is 0.227 e. The first kappa shape index (κ1) is 18.4. The predicted octanol–water partition coefficient (Wildman–Crippen LogP) is 2.05. The predicted molar refractivity (Wildman–Crippen MR) is 90.1 cm³/mol. The smallest absolute Gasteiger partial charge is 0.227 e. The number of hydrogen-bond acceptors (Lipinski definition) is 4. The van der Waals surface area contributed by atoms with Gasteiger partial charge in [-0.1, -0.05) is 0 Å². The number of pyridine rings is 1. The van der Waals surface area contributed by atoms with E-state index in [2.05, 4.69) is 20.7 Å². The number of rotatable bonds is 3. The Balaban J connectivity index is 0.00000121. The molecule has 1 amide bonds. The van der Waals surface area contributed by atoms with Gasteiger partial charge in [0, 0.05) is 24.5 Å². The molecule has 0 aromatic carbocycles. The maximum absolute atomic E-state index is 12.3. The Hall–Kier alpha value is -1.63. The van der Waals surface area contributed by atoms with E-state index in [9.17, 15) is 4.79 Å². The molecular formula is C14H19Cl2N5O. The normalized spacial score (nSPS) is 14.5. The molecule has 3 rings (SSSR count). The quantitative estimate of drug-likeness (QED) is 0.894. The molecule has 120 valence electrons. The molecule has 0 atom stereocenters. The van der Waals surface area contributed by atoms with Gasteiger partial charge in [-0.2, -0.15) is 5.10 Å². The SMILES string of the molecule is Cl.Cl.O=C(Nc1cccnc1-n1cccn1)C1CCNCC1. The number of halogens is 2. The van der Waals surface area contributed by atoms with Crippen LogP contribution in [-0.2, 0) is 4.79 Å². The lowest BCUT2D eigenvalue weighted by atomic mass is 9.97. The van der Waals surface area contributed by atoms with Crippen LogP contribution in [0.1, 0.15) is 12.8 Å². The summed E-state index contributed by atoms with van der Waals surface area (Å²) in [6.07, 6.45) is 6.94. The van der Waals surface area contributed by atoms with Crippen molar-refractivity contribution in [2.75, 3.05) is 18.4 Å². The van der Waals surface area contributed by atoms with Crippen molar-refractivity contribution < 1.29 is 4.79 Å². The largest absolute Gasteiger partial charge is 0.323 e. The Morgan fingerprint density at radius 1 is 1.23 bits per heavy atom. The summed E-state index contributed by atoms with van der Waals surface area (Å²) >= 11 is 0. The molecule has 1 aliphatic heterocycles. The summed E-state index contributed by atoms with van der Waals surface area (Å²) in [5, 5.41) is 10.4. The van der Waals surface area contributed by atoms with Crippen LogP contribution < -0.4 is 10.6 Å². The van der Waals surface area contributed by atoms with Crippen LogP contribution in [0.3, 0.4) is 0 Å². The summed E-state index contributed by atoms with van der Waals surface area (Å²) in [7, 11) is 0. The standard InChI is InChI=1S/C14H17N5O.2ClH/c20-14(11-4-8-15-9-5-11)18-12-3-1-6-16-13(12)19-10-2-7-17-19;;/h1-3,6-7,10-11,15H,4-5,8-9H2,(H,18,20);2*1H. The van der Waals surface area contributed by atoms with Crippen molar-refractivity contribution in [2.45, 2.75) is 12.8 Å². The van der Waals surface area contributed by atoms with E-state index in [0.29, 0.717) is 11.5 Å². The second kappa shape index (κ2) is 8.73. The number of aromatic nitrogens is 3. The Bertz CT molecular complexity index is 585. The van der Waals surface area contributed by atoms with E-state index in [4.69, 9.17) is 0 Å². The fraction of sp³-hybridized carbons (Fsp3) is 0.357. The number of nitrogens with one attached hydrogen (secondary N) is 2. The third-order valence-corrected chi connectivity index (χ3v) is 3.48. The monoisotopic (exact) mass is 343 g/mol. The van der Waals surface area contributed by atoms with Gasteiger partial charge in [0.1, 0.15) is 0 Å². The van der Waals surface area contributed by atoms with Crippen molar-refractivity contribution in [3.63, 3.8) is 0 Å². The fourth-order valence-corrected chi connectivity index (χ4v) is 2.39. The van der Waals surface area contributed by atoms with Gasteiger partial charge in [-0.3, -0.25) is 4.79 Å². The Kier molecular flexibility index (Phi) is 7.31. The number of amides is 1. The van der Waals surface area contributed by atoms with Crippen molar-refractivity contribution in [3.05, 3.63) is 36.8 Å². The van der Waals surface area contributed by atoms with Gasteiger partial charge >= 0.3 is 0 Å². The molecule has 2 aromatic rings. The second-order valence-corrected chi connectivity index (χ2v) is 4.84. The lowest BCUT2D eigenvalue weighted by molar-refractivity contribution is -0.120. The summed E-state index contributed by atoms with van der Waals surface area (Å²) in [6, 6.07) is 5.49. The van der Waals surface area contributed by atoms with Gasteiger partial charge in [-0.15, -0.1) is 24.8 Å². The first-order chi connectivity index (χ1) is 9.84. The molecule has 0 unspecified atom stereocenters. The lowest BCUT2D eigenvalue weighted by Gasteiger charge is -2.22. The van der Waals surface area contributed by atoms with Crippen LogP contribution in [0.5, 0.6) is 0 Å². The highest BCUT2D eigenvalue weighted by atomic mass is 35.5. The third-order valence-electron chi connectivity index (χ3n) is 3.48. The van der Waals surface area contributed by atoms with Crippen molar-refractivity contribution in [1.29, 1.82) is 0 Å². The van der Waals surface area contributed by atoms with E-state index in [1.165, 1.54) is 0 Å².